The monoisotopic (exact) mass is 400 g/mol. The van der Waals surface area contributed by atoms with Crippen LogP contribution in [0.15, 0.2) is 23.1 Å². The fourth-order valence-electron chi connectivity index (χ4n) is 2.73. The molecule has 0 aliphatic carbocycles. The van der Waals surface area contributed by atoms with E-state index in [1.165, 1.54) is 18.2 Å². The maximum Gasteiger partial charge on any atom is 0.337 e. The van der Waals surface area contributed by atoms with Gasteiger partial charge in [-0.3, -0.25) is 0 Å². The highest BCUT2D eigenvalue weighted by Gasteiger charge is 2.20. The molecular weight excluding hydrogens is 372 g/mol. The average Bonchev–Trinajstić information content (AvgIpc) is 3.12. The van der Waals surface area contributed by atoms with Crippen LogP contribution in [0.25, 0.3) is 0 Å². The molecule has 0 spiro atoms. The van der Waals surface area contributed by atoms with Crippen LogP contribution < -0.4 is 10.0 Å². The molecule has 1 saturated heterocycles. The van der Waals surface area contributed by atoms with Crippen LogP contribution in [0.1, 0.15) is 43.5 Å². The molecule has 0 bridgehead atoms. The van der Waals surface area contributed by atoms with Crippen molar-refractivity contribution in [1.82, 2.24) is 4.72 Å². The zero-order valence-electron chi connectivity index (χ0n) is 15.7. The lowest BCUT2D eigenvalue weighted by molar-refractivity contribution is 0.0697. The van der Waals surface area contributed by atoms with E-state index in [-0.39, 0.29) is 29.2 Å². The SMILES string of the molecule is CC(C)OCCCNS(=O)(=O)c1ccc(NCC2CCCO2)c(C(=O)O)c1. The second kappa shape index (κ2) is 10.0. The van der Waals surface area contributed by atoms with Gasteiger partial charge in [-0.1, -0.05) is 0 Å². The van der Waals surface area contributed by atoms with E-state index in [0.717, 1.165) is 12.8 Å². The molecule has 1 aliphatic heterocycles. The van der Waals surface area contributed by atoms with Gasteiger partial charge in [0.25, 0.3) is 0 Å². The molecule has 1 unspecified atom stereocenters. The Labute approximate surface area is 160 Å². The van der Waals surface area contributed by atoms with E-state index in [0.29, 0.717) is 31.9 Å². The highest BCUT2D eigenvalue weighted by Crippen LogP contribution is 2.22. The average molecular weight is 400 g/mol. The molecule has 0 saturated carbocycles. The van der Waals surface area contributed by atoms with Crippen molar-refractivity contribution in [1.29, 1.82) is 0 Å². The zero-order valence-corrected chi connectivity index (χ0v) is 16.5. The summed E-state index contributed by atoms with van der Waals surface area (Å²) >= 11 is 0. The predicted octanol–water partition coefficient (Wildman–Crippen LogP) is 2.07. The summed E-state index contributed by atoms with van der Waals surface area (Å²) in [5.74, 6) is -1.19. The molecule has 27 heavy (non-hydrogen) atoms. The summed E-state index contributed by atoms with van der Waals surface area (Å²) < 4.78 is 38.1. The summed E-state index contributed by atoms with van der Waals surface area (Å²) in [5, 5.41) is 12.5. The first kappa shape index (κ1) is 21.6. The fraction of sp³-hybridized carbons (Fsp3) is 0.611. The molecule has 1 atom stereocenters. The van der Waals surface area contributed by atoms with Gasteiger partial charge in [-0.2, -0.15) is 0 Å². The number of hydrogen-bond acceptors (Lipinski definition) is 6. The number of ether oxygens (including phenoxy) is 2. The minimum Gasteiger partial charge on any atom is -0.478 e. The van der Waals surface area contributed by atoms with E-state index >= 15 is 0 Å². The van der Waals surface area contributed by atoms with Gasteiger partial charge in [-0.15, -0.1) is 0 Å². The molecule has 0 aromatic heterocycles. The maximum absolute atomic E-state index is 12.4. The van der Waals surface area contributed by atoms with E-state index in [2.05, 4.69) is 10.0 Å². The van der Waals surface area contributed by atoms with Gasteiger partial charge in [0.05, 0.1) is 22.7 Å². The third kappa shape index (κ3) is 6.76. The van der Waals surface area contributed by atoms with E-state index in [1.54, 1.807) is 0 Å². The third-order valence-electron chi connectivity index (χ3n) is 4.14. The molecule has 0 radical (unpaired) electrons. The number of rotatable bonds is 11. The lowest BCUT2D eigenvalue weighted by atomic mass is 10.1. The summed E-state index contributed by atoms with van der Waals surface area (Å²) in [7, 11) is -3.79. The number of aromatic carboxylic acids is 1. The van der Waals surface area contributed by atoms with Gasteiger partial charge in [0, 0.05) is 32.0 Å². The largest absolute Gasteiger partial charge is 0.478 e. The first-order valence-corrected chi connectivity index (χ1v) is 10.6. The Balaban J connectivity index is 2.01. The molecule has 9 heteroatoms. The Morgan fingerprint density at radius 3 is 2.81 bits per heavy atom. The summed E-state index contributed by atoms with van der Waals surface area (Å²) in [6.07, 6.45) is 2.58. The molecule has 1 aliphatic rings. The Hall–Kier alpha value is -1.68. The van der Waals surface area contributed by atoms with Crippen LogP contribution >= 0.6 is 0 Å². The van der Waals surface area contributed by atoms with Crippen LogP contribution in [0.4, 0.5) is 5.69 Å². The number of nitrogens with one attached hydrogen (secondary N) is 2. The van der Waals surface area contributed by atoms with E-state index in [9.17, 15) is 18.3 Å². The predicted molar refractivity (Wildman–Crippen MR) is 102 cm³/mol. The molecular formula is C18H28N2O6S. The maximum atomic E-state index is 12.4. The number of hydrogen-bond donors (Lipinski definition) is 3. The fourth-order valence-corrected chi connectivity index (χ4v) is 3.83. The van der Waals surface area contributed by atoms with Gasteiger partial charge in [-0.05, 0) is 51.3 Å². The van der Waals surface area contributed by atoms with Gasteiger partial charge < -0.3 is 19.9 Å². The minimum absolute atomic E-state index is 0.0461. The van der Waals surface area contributed by atoms with Gasteiger partial charge in [0.15, 0.2) is 0 Å². The lowest BCUT2D eigenvalue weighted by Crippen LogP contribution is -2.26. The van der Waals surface area contributed by atoms with Crippen LogP contribution in [-0.2, 0) is 19.5 Å². The highest BCUT2D eigenvalue weighted by molar-refractivity contribution is 7.89. The standard InChI is InChI=1S/C18H28N2O6S/c1-13(2)25-10-4-8-20-27(23,24)15-6-7-17(16(11-15)18(21)22)19-12-14-5-3-9-26-14/h6-7,11,13-14,19-20H,3-5,8-10,12H2,1-2H3,(H,21,22). The minimum atomic E-state index is -3.79. The van der Waals surface area contributed by atoms with Crippen LogP contribution in [0.5, 0.6) is 0 Å². The van der Waals surface area contributed by atoms with Gasteiger partial charge in [-0.25, -0.2) is 17.9 Å². The van der Waals surface area contributed by atoms with Gasteiger partial charge in [0.1, 0.15) is 0 Å². The molecule has 1 aromatic carbocycles. The summed E-state index contributed by atoms with van der Waals surface area (Å²) in [5.41, 5.74) is 0.293. The second-order valence-electron chi connectivity index (χ2n) is 6.70. The van der Waals surface area contributed by atoms with Crippen LogP contribution in [-0.4, -0.2) is 58.0 Å². The zero-order chi connectivity index (χ0) is 19.9. The molecule has 2 rings (SSSR count). The van der Waals surface area contributed by atoms with Crippen molar-refractivity contribution in [3.05, 3.63) is 23.8 Å². The number of anilines is 1. The van der Waals surface area contributed by atoms with E-state index in [1.807, 2.05) is 13.8 Å². The first-order valence-electron chi connectivity index (χ1n) is 9.13. The van der Waals surface area contributed by atoms with Crippen molar-refractivity contribution in [3.8, 4) is 0 Å². The van der Waals surface area contributed by atoms with Crippen molar-refractivity contribution < 1.29 is 27.8 Å². The topological polar surface area (TPSA) is 114 Å². The van der Waals surface area contributed by atoms with Crippen molar-refractivity contribution in [2.75, 3.05) is 31.6 Å². The molecule has 3 N–H and O–H groups in total. The molecule has 1 aromatic rings. The van der Waals surface area contributed by atoms with Gasteiger partial charge in [0.2, 0.25) is 10.0 Å². The molecule has 1 heterocycles. The van der Waals surface area contributed by atoms with E-state index < -0.39 is 16.0 Å². The summed E-state index contributed by atoms with van der Waals surface area (Å²) in [6, 6.07) is 4.05. The van der Waals surface area contributed by atoms with Crippen molar-refractivity contribution in [3.63, 3.8) is 0 Å². The number of sulfonamides is 1. The smallest absolute Gasteiger partial charge is 0.337 e. The number of carbonyl (C=O) groups is 1. The summed E-state index contributed by atoms with van der Waals surface area (Å²) in [4.78, 5) is 11.5. The number of carboxylic acids is 1. The van der Waals surface area contributed by atoms with Crippen LogP contribution in [0.3, 0.4) is 0 Å². The normalized spacial score (nSPS) is 17.4. The Morgan fingerprint density at radius 2 is 2.19 bits per heavy atom. The Bertz CT molecular complexity index is 729. The van der Waals surface area contributed by atoms with Crippen molar-refractivity contribution >= 4 is 21.7 Å². The quantitative estimate of drug-likeness (QED) is 0.487. The molecule has 8 nitrogen and oxygen atoms in total. The number of carboxylic acid groups (broad SMARTS) is 1. The Morgan fingerprint density at radius 1 is 1.41 bits per heavy atom. The summed E-state index contributed by atoms with van der Waals surface area (Å²) in [6.45, 7) is 5.69. The van der Waals surface area contributed by atoms with Crippen molar-refractivity contribution in [2.45, 2.75) is 50.2 Å². The first-order chi connectivity index (χ1) is 12.8. The Kier molecular flexibility index (Phi) is 8.03. The lowest BCUT2D eigenvalue weighted by Gasteiger charge is -2.15. The van der Waals surface area contributed by atoms with E-state index in [4.69, 9.17) is 9.47 Å². The second-order valence-corrected chi connectivity index (χ2v) is 8.47. The third-order valence-corrected chi connectivity index (χ3v) is 5.60. The molecule has 1 fully saturated rings. The highest BCUT2D eigenvalue weighted by atomic mass is 32.2. The van der Waals surface area contributed by atoms with Gasteiger partial charge >= 0.3 is 5.97 Å². The van der Waals surface area contributed by atoms with Crippen LogP contribution in [0.2, 0.25) is 0 Å². The molecule has 0 amide bonds. The molecule has 152 valence electrons. The number of benzene rings is 1. The van der Waals surface area contributed by atoms with Crippen LogP contribution in [0, 0.1) is 0 Å². The van der Waals surface area contributed by atoms with Crippen molar-refractivity contribution in [2.24, 2.45) is 0 Å².